The maximum Gasteiger partial charge on any atom is 0.238 e. The van der Waals surface area contributed by atoms with Crippen LogP contribution in [0.2, 0.25) is 0 Å². The van der Waals surface area contributed by atoms with Crippen molar-refractivity contribution in [1.82, 2.24) is 34.1 Å². The molecule has 9 aromatic carbocycles. The quantitative estimate of drug-likeness (QED) is 0.152. The number of fused-ring (bicyclic) bond motifs is 6. The van der Waals surface area contributed by atoms with Crippen LogP contribution >= 0.6 is 0 Å². The van der Waals surface area contributed by atoms with Gasteiger partial charge in [-0.1, -0.05) is 176 Å². The van der Waals surface area contributed by atoms with Crippen molar-refractivity contribution in [2.45, 2.75) is 0 Å². The molecule has 0 N–H and O–H groups in total. The highest BCUT2D eigenvalue weighted by molar-refractivity contribution is 6.19. The lowest BCUT2D eigenvalue weighted by Crippen LogP contribution is -2.06. The lowest BCUT2D eigenvalue weighted by molar-refractivity contribution is 0.953. The van der Waals surface area contributed by atoms with Crippen molar-refractivity contribution >= 4 is 43.6 Å². The molecule has 13 aromatic rings. The summed E-state index contributed by atoms with van der Waals surface area (Å²) >= 11 is 0. The summed E-state index contributed by atoms with van der Waals surface area (Å²) in [5, 5.41) is 4.57. The van der Waals surface area contributed by atoms with Gasteiger partial charge in [-0.2, -0.15) is 9.97 Å². The summed E-state index contributed by atoms with van der Waals surface area (Å²) < 4.78 is 4.55. The van der Waals surface area contributed by atoms with Crippen LogP contribution in [0.4, 0.5) is 0 Å². The SMILES string of the molecule is c1ccc(-c2cccc(-c3cc(-c4ccccc4)nc(-c4ccc(-n5c6ccccc6c6cc7c8ccccc8n(-c8nc(-c9ccccc9)nc(-c9ccccc9)n8)c7cc65)cc4)n3)c2)cc1. The molecule has 7 heteroatoms. The van der Waals surface area contributed by atoms with E-state index in [1.54, 1.807) is 0 Å². The van der Waals surface area contributed by atoms with Crippen LogP contribution in [0.3, 0.4) is 0 Å². The predicted octanol–water partition coefficient (Wildman–Crippen LogP) is 14.9. The predicted molar refractivity (Wildman–Crippen MR) is 277 cm³/mol. The molecule has 318 valence electrons. The van der Waals surface area contributed by atoms with Crippen LogP contribution in [-0.2, 0) is 0 Å². The molecule has 0 spiro atoms. The van der Waals surface area contributed by atoms with E-state index in [1.165, 1.54) is 5.39 Å². The monoisotopic (exact) mass is 869 g/mol. The number of hydrogen-bond donors (Lipinski definition) is 0. The first-order valence-electron chi connectivity index (χ1n) is 22.7. The van der Waals surface area contributed by atoms with E-state index in [2.05, 4.69) is 173 Å². The maximum absolute atomic E-state index is 5.23. The lowest BCUT2D eigenvalue weighted by atomic mass is 10.0. The zero-order chi connectivity index (χ0) is 45.0. The van der Waals surface area contributed by atoms with E-state index >= 15 is 0 Å². The first-order chi connectivity index (χ1) is 33.7. The average Bonchev–Trinajstić information content (AvgIpc) is 3.93. The summed E-state index contributed by atoms with van der Waals surface area (Å²) in [5.74, 6) is 2.44. The van der Waals surface area contributed by atoms with Crippen LogP contribution in [0.5, 0.6) is 0 Å². The van der Waals surface area contributed by atoms with E-state index in [9.17, 15) is 0 Å². The van der Waals surface area contributed by atoms with Gasteiger partial charge < -0.3 is 4.57 Å². The Labute approximate surface area is 392 Å². The third kappa shape index (κ3) is 6.80. The third-order valence-corrected chi connectivity index (χ3v) is 12.8. The molecule has 0 atom stereocenters. The molecule has 68 heavy (non-hydrogen) atoms. The molecule has 0 fully saturated rings. The average molecular weight is 870 g/mol. The van der Waals surface area contributed by atoms with E-state index in [1.807, 2.05) is 72.8 Å². The molecule has 0 aliphatic heterocycles. The molecule has 0 radical (unpaired) electrons. The molecular weight excluding hydrogens is 831 g/mol. The van der Waals surface area contributed by atoms with Crippen LogP contribution in [-0.4, -0.2) is 34.1 Å². The highest BCUT2D eigenvalue weighted by Crippen LogP contribution is 2.40. The fourth-order valence-electron chi connectivity index (χ4n) is 9.55. The summed E-state index contributed by atoms with van der Waals surface area (Å²) in [6, 6.07) is 82.2. The first kappa shape index (κ1) is 39.1. The van der Waals surface area contributed by atoms with Gasteiger partial charge in [-0.15, -0.1) is 0 Å². The highest BCUT2D eigenvalue weighted by Gasteiger charge is 2.22. The van der Waals surface area contributed by atoms with E-state index < -0.39 is 0 Å². The Balaban J connectivity index is 0.980. The number of hydrogen-bond acceptors (Lipinski definition) is 5. The van der Waals surface area contributed by atoms with Crippen LogP contribution in [0.25, 0.3) is 123 Å². The molecule has 4 heterocycles. The fourth-order valence-corrected chi connectivity index (χ4v) is 9.55. The Morgan fingerprint density at radius 2 is 0.676 bits per heavy atom. The Morgan fingerprint density at radius 1 is 0.235 bits per heavy atom. The van der Waals surface area contributed by atoms with Gasteiger partial charge in [0.2, 0.25) is 5.95 Å². The van der Waals surface area contributed by atoms with Gasteiger partial charge in [-0.05, 0) is 71.8 Å². The van der Waals surface area contributed by atoms with Gasteiger partial charge in [0.05, 0.1) is 33.5 Å². The van der Waals surface area contributed by atoms with Crippen LogP contribution < -0.4 is 0 Å². The van der Waals surface area contributed by atoms with Gasteiger partial charge in [-0.3, -0.25) is 4.57 Å². The number of rotatable bonds is 8. The number of para-hydroxylation sites is 2. The van der Waals surface area contributed by atoms with Gasteiger partial charge in [0.15, 0.2) is 17.5 Å². The Kier molecular flexibility index (Phi) is 9.35. The van der Waals surface area contributed by atoms with Crippen LogP contribution in [0.1, 0.15) is 0 Å². The maximum atomic E-state index is 5.23. The van der Waals surface area contributed by atoms with Crippen molar-refractivity contribution in [3.8, 4) is 79.4 Å². The molecule has 0 amide bonds. The Bertz CT molecular complexity index is 3940. The number of aromatic nitrogens is 7. The van der Waals surface area contributed by atoms with Gasteiger partial charge in [-0.25, -0.2) is 15.0 Å². The molecular formula is C61H39N7. The van der Waals surface area contributed by atoms with E-state index in [0.717, 1.165) is 94.2 Å². The number of nitrogens with zero attached hydrogens (tertiary/aromatic N) is 7. The summed E-state index contributed by atoms with van der Waals surface area (Å²) in [6.07, 6.45) is 0. The highest BCUT2D eigenvalue weighted by atomic mass is 15.2. The van der Waals surface area contributed by atoms with Crippen molar-refractivity contribution < 1.29 is 0 Å². The molecule has 0 unspecified atom stereocenters. The van der Waals surface area contributed by atoms with Crippen molar-refractivity contribution in [2.24, 2.45) is 0 Å². The molecule has 0 saturated heterocycles. The minimum atomic E-state index is 0.555. The van der Waals surface area contributed by atoms with E-state index in [-0.39, 0.29) is 0 Å². The second kappa shape index (κ2) is 16.3. The van der Waals surface area contributed by atoms with Crippen molar-refractivity contribution in [1.29, 1.82) is 0 Å². The zero-order valence-electron chi connectivity index (χ0n) is 36.6. The van der Waals surface area contributed by atoms with Crippen molar-refractivity contribution in [3.05, 3.63) is 237 Å². The fraction of sp³-hybridized carbons (Fsp3) is 0. The normalized spacial score (nSPS) is 11.5. The Hall–Kier alpha value is -9.33. The van der Waals surface area contributed by atoms with Gasteiger partial charge in [0.25, 0.3) is 0 Å². The zero-order valence-corrected chi connectivity index (χ0v) is 36.6. The summed E-state index contributed by atoms with van der Waals surface area (Å²) in [5.41, 5.74) is 14.1. The minimum absolute atomic E-state index is 0.555. The lowest BCUT2D eigenvalue weighted by Gasteiger charge is -2.12. The summed E-state index contributed by atoms with van der Waals surface area (Å²) in [6.45, 7) is 0. The van der Waals surface area contributed by atoms with Gasteiger partial charge >= 0.3 is 0 Å². The minimum Gasteiger partial charge on any atom is -0.309 e. The number of benzene rings is 9. The molecule has 4 aromatic heterocycles. The van der Waals surface area contributed by atoms with E-state index in [0.29, 0.717) is 23.4 Å². The van der Waals surface area contributed by atoms with Crippen molar-refractivity contribution in [3.63, 3.8) is 0 Å². The van der Waals surface area contributed by atoms with Crippen LogP contribution in [0, 0.1) is 0 Å². The van der Waals surface area contributed by atoms with Crippen molar-refractivity contribution in [2.75, 3.05) is 0 Å². The summed E-state index contributed by atoms with van der Waals surface area (Å²) in [4.78, 5) is 25.8. The van der Waals surface area contributed by atoms with Gasteiger partial charge in [0, 0.05) is 55.0 Å². The van der Waals surface area contributed by atoms with Crippen LogP contribution in [0.15, 0.2) is 237 Å². The first-order valence-corrected chi connectivity index (χ1v) is 22.7. The molecule has 0 bridgehead atoms. The Morgan fingerprint density at radius 3 is 1.28 bits per heavy atom. The molecule has 13 rings (SSSR count). The topological polar surface area (TPSA) is 74.3 Å². The second-order valence-corrected chi connectivity index (χ2v) is 16.9. The third-order valence-electron chi connectivity index (χ3n) is 12.8. The standard InChI is InChI=1S/C61H39N7/c1-5-18-40(19-6-1)45-26-17-27-46(36-45)53-38-52(41-20-7-2-8-21-41)62-58(63-53)44-32-34-47(35-33-44)67-54-30-15-13-28-48(54)50-37-51-49-29-14-16-31-55(49)68(57(51)39-56(50)67)61-65-59(42-22-9-3-10-23-42)64-60(66-61)43-24-11-4-12-25-43/h1-39H. The largest absolute Gasteiger partial charge is 0.309 e. The van der Waals surface area contributed by atoms with Gasteiger partial charge in [0.1, 0.15) is 0 Å². The smallest absolute Gasteiger partial charge is 0.238 e. The molecule has 0 saturated carbocycles. The molecule has 7 nitrogen and oxygen atoms in total. The van der Waals surface area contributed by atoms with E-state index in [4.69, 9.17) is 24.9 Å². The molecule has 0 aliphatic carbocycles. The second-order valence-electron chi connectivity index (χ2n) is 16.9. The molecule has 0 aliphatic rings. The summed E-state index contributed by atoms with van der Waals surface area (Å²) in [7, 11) is 0.